The van der Waals surface area contributed by atoms with E-state index in [2.05, 4.69) is 46.5 Å². The molecule has 0 radical (unpaired) electrons. The monoisotopic (exact) mass is 394 g/mol. The Morgan fingerprint density at radius 3 is 2.96 bits per heavy atom. The Morgan fingerprint density at radius 1 is 1.50 bits per heavy atom. The first-order valence-electron chi connectivity index (χ1n) is 7.85. The Hall–Kier alpha value is -2.16. The zero-order valence-corrected chi connectivity index (χ0v) is 14.8. The summed E-state index contributed by atoms with van der Waals surface area (Å²) in [5, 5.41) is 14.1. The summed E-state index contributed by atoms with van der Waals surface area (Å²) in [4.78, 5) is 27.2. The van der Waals surface area contributed by atoms with Crippen molar-refractivity contribution in [1.29, 1.82) is 0 Å². The van der Waals surface area contributed by atoms with Crippen molar-refractivity contribution in [1.82, 2.24) is 25.3 Å². The molecule has 0 saturated heterocycles. The summed E-state index contributed by atoms with van der Waals surface area (Å²) in [5.41, 5.74) is 1.47. The standard InChI is InChI=1S/C15H19BrN6O2/c1-8(19-15(23)24)7-18-14-17-6-5-10(20-14)11-12(16)22-13(21-11)9-3-2-4-9/h5-6,8-9,19H,2-4,7H2,1H3,(H,21,22)(H,23,24)(H,17,18,20)/t8-/m0/s1. The fourth-order valence-electron chi connectivity index (χ4n) is 2.50. The van der Waals surface area contributed by atoms with E-state index in [1.54, 1.807) is 19.2 Å². The SMILES string of the molecule is C[C@@H](CNc1nccc(-c2nc(C3CCC3)[nH]c2Br)n1)NC(=O)O. The number of halogens is 1. The van der Waals surface area contributed by atoms with E-state index >= 15 is 0 Å². The molecule has 1 saturated carbocycles. The van der Waals surface area contributed by atoms with Crippen LogP contribution in [-0.4, -0.2) is 43.7 Å². The number of imidazole rings is 1. The predicted octanol–water partition coefficient (Wildman–Crippen LogP) is 2.96. The molecule has 0 aliphatic heterocycles. The Morgan fingerprint density at radius 2 is 2.29 bits per heavy atom. The minimum atomic E-state index is -1.05. The number of carbonyl (C=O) groups is 1. The van der Waals surface area contributed by atoms with E-state index in [0.29, 0.717) is 24.1 Å². The molecule has 2 aromatic rings. The summed E-state index contributed by atoms with van der Waals surface area (Å²) in [6.45, 7) is 2.16. The first-order valence-corrected chi connectivity index (χ1v) is 8.64. The maximum absolute atomic E-state index is 10.6. The summed E-state index contributed by atoms with van der Waals surface area (Å²) in [5.74, 6) is 1.94. The molecule has 24 heavy (non-hydrogen) atoms. The second-order valence-electron chi connectivity index (χ2n) is 5.91. The molecular formula is C15H19BrN6O2. The molecule has 2 heterocycles. The van der Waals surface area contributed by atoms with Crippen molar-refractivity contribution in [2.75, 3.05) is 11.9 Å². The topological polar surface area (TPSA) is 116 Å². The van der Waals surface area contributed by atoms with E-state index in [1.807, 2.05) is 0 Å². The lowest BCUT2D eigenvalue weighted by molar-refractivity contribution is 0.191. The fraction of sp³-hybridized carbons (Fsp3) is 0.467. The van der Waals surface area contributed by atoms with E-state index < -0.39 is 6.09 Å². The minimum absolute atomic E-state index is 0.253. The van der Waals surface area contributed by atoms with Crippen molar-refractivity contribution < 1.29 is 9.90 Å². The van der Waals surface area contributed by atoms with Gasteiger partial charge >= 0.3 is 6.09 Å². The zero-order chi connectivity index (χ0) is 17.1. The number of carboxylic acid groups (broad SMARTS) is 1. The van der Waals surface area contributed by atoms with Crippen molar-refractivity contribution >= 4 is 28.0 Å². The summed E-state index contributed by atoms with van der Waals surface area (Å²) in [6.07, 6.45) is 4.20. The van der Waals surface area contributed by atoms with Crippen LogP contribution in [0.1, 0.15) is 37.9 Å². The van der Waals surface area contributed by atoms with Crippen LogP contribution in [0.2, 0.25) is 0 Å². The second kappa shape index (κ2) is 7.16. The number of aromatic amines is 1. The van der Waals surface area contributed by atoms with Crippen LogP contribution in [0.3, 0.4) is 0 Å². The predicted molar refractivity (Wildman–Crippen MR) is 93.0 cm³/mol. The lowest BCUT2D eigenvalue weighted by Crippen LogP contribution is -2.36. The number of amides is 1. The molecule has 4 N–H and O–H groups in total. The summed E-state index contributed by atoms with van der Waals surface area (Å²) >= 11 is 3.52. The third kappa shape index (κ3) is 3.84. The highest BCUT2D eigenvalue weighted by atomic mass is 79.9. The lowest BCUT2D eigenvalue weighted by atomic mass is 9.85. The highest BCUT2D eigenvalue weighted by Crippen LogP contribution is 2.37. The van der Waals surface area contributed by atoms with Crippen LogP contribution >= 0.6 is 15.9 Å². The third-order valence-electron chi connectivity index (χ3n) is 4.00. The van der Waals surface area contributed by atoms with Crippen LogP contribution in [0.15, 0.2) is 16.9 Å². The van der Waals surface area contributed by atoms with Crippen molar-refractivity contribution in [2.24, 2.45) is 0 Å². The van der Waals surface area contributed by atoms with Gasteiger partial charge in [0.2, 0.25) is 5.95 Å². The van der Waals surface area contributed by atoms with Gasteiger partial charge < -0.3 is 20.7 Å². The van der Waals surface area contributed by atoms with Gasteiger partial charge in [-0.3, -0.25) is 0 Å². The first-order chi connectivity index (χ1) is 11.5. The van der Waals surface area contributed by atoms with Gasteiger partial charge in [-0.05, 0) is 41.8 Å². The van der Waals surface area contributed by atoms with Crippen LogP contribution in [-0.2, 0) is 0 Å². The molecule has 8 nitrogen and oxygen atoms in total. The number of H-pyrrole nitrogens is 1. The molecule has 1 aliphatic carbocycles. The molecule has 1 fully saturated rings. The van der Waals surface area contributed by atoms with Gasteiger partial charge in [0.1, 0.15) is 16.1 Å². The average molecular weight is 395 g/mol. The summed E-state index contributed by atoms with van der Waals surface area (Å²) in [7, 11) is 0. The maximum atomic E-state index is 10.6. The van der Waals surface area contributed by atoms with Gasteiger partial charge in [0, 0.05) is 24.7 Å². The molecule has 0 aromatic carbocycles. The first kappa shape index (κ1) is 16.7. The zero-order valence-electron chi connectivity index (χ0n) is 13.2. The highest BCUT2D eigenvalue weighted by Gasteiger charge is 2.24. The smallest absolute Gasteiger partial charge is 0.404 e. The Kier molecular flexibility index (Phi) is 4.98. The van der Waals surface area contributed by atoms with Crippen LogP contribution in [0.5, 0.6) is 0 Å². The highest BCUT2D eigenvalue weighted by molar-refractivity contribution is 9.10. The van der Waals surface area contributed by atoms with Gasteiger partial charge in [-0.2, -0.15) is 0 Å². The number of anilines is 1. The van der Waals surface area contributed by atoms with Gasteiger partial charge in [0.05, 0.1) is 5.69 Å². The van der Waals surface area contributed by atoms with Gasteiger partial charge in [0.25, 0.3) is 0 Å². The maximum Gasteiger partial charge on any atom is 0.404 e. The Balaban J connectivity index is 1.71. The molecule has 128 valence electrons. The molecule has 2 aromatic heterocycles. The normalized spacial score (nSPS) is 15.6. The van der Waals surface area contributed by atoms with Crippen molar-refractivity contribution in [2.45, 2.75) is 38.1 Å². The van der Waals surface area contributed by atoms with Crippen LogP contribution in [0.4, 0.5) is 10.7 Å². The summed E-state index contributed by atoms with van der Waals surface area (Å²) < 4.78 is 0.815. The molecule has 0 bridgehead atoms. The molecule has 9 heteroatoms. The third-order valence-corrected chi connectivity index (χ3v) is 4.58. The quantitative estimate of drug-likeness (QED) is 0.598. The van der Waals surface area contributed by atoms with Crippen molar-refractivity contribution in [3.8, 4) is 11.4 Å². The Labute approximate surface area is 147 Å². The van der Waals surface area contributed by atoms with Gasteiger partial charge in [0.15, 0.2) is 0 Å². The van der Waals surface area contributed by atoms with Gasteiger partial charge in [-0.25, -0.2) is 19.7 Å². The Bertz CT molecular complexity index is 731. The van der Waals surface area contributed by atoms with E-state index in [0.717, 1.165) is 16.1 Å². The molecular weight excluding hydrogens is 376 g/mol. The van der Waals surface area contributed by atoms with E-state index in [4.69, 9.17) is 5.11 Å². The fourth-order valence-corrected chi connectivity index (χ4v) is 2.99. The number of hydrogen-bond donors (Lipinski definition) is 4. The number of rotatable bonds is 6. The number of hydrogen-bond acceptors (Lipinski definition) is 5. The van der Waals surface area contributed by atoms with E-state index in [-0.39, 0.29) is 6.04 Å². The van der Waals surface area contributed by atoms with E-state index in [1.165, 1.54) is 19.3 Å². The minimum Gasteiger partial charge on any atom is -0.465 e. The molecule has 1 atom stereocenters. The molecule has 3 rings (SSSR count). The summed E-state index contributed by atoms with van der Waals surface area (Å²) in [6, 6.07) is 1.55. The lowest BCUT2D eigenvalue weighted by Gasteiger charge is -2.22. The van der Waals surface area contributed by atoms with Gasteiger partial charge in [-0.1, -0.05) is 6.42 Å². The second-order valence-corrected chi connectivity index (χ2v) is 6.70. The van der Waals surface area contributed by atoms with Crippen molar-refractivity contribution in [3.05, 3.63) is 22.7 Å². The molecule has 1 aliphatic rings. The number of nitrogens with one attached hydrogen (secondary N) is 3. The largest absolute Gasteiger partial charge is 0.465 e. The molecule has 0 unspecified atom stereocenters. The number of aromatic nitrogens is 4. The van der Waals surface area contributed by atoms with Crippen LogP contribution in [0.25, 0.3) is 11.4 Å². The van der Waals surface area contributed by atoms with Gasteiger partial charge in [-0.15, -0.1) is 0 Å². The van der Waals surface area contributed by atoms with Crippen LogP contribution < -0.4 is 10.6 Å². The van der Waals surface area contributed by atoms with E-state index in [9.17, 15) is 4.79 Å². The number of nitrogens with zero attached hydrogens (tertiary/aromatic N) is 3. The molecule has 0 spiro atoms. The average Bonchev–Trinajstić information content (AvgIpc) is 2.84. The van der Waals surface area contributed by atoms with Crippen molar-refractivity contribution in [3.63, 3.8) is 0 Å². The van der Waals surface area contributed by atoms with Crippen LogP contribution in [0, 0.1) is 0 Å². The molecule has 1 amide bonds.